The van der Waals surface area contributed by atoms with Crippen molar-refractivity contribution in [2.24, 2.45) is 0 Å². The Morgan fingerprint density at radius 1 is 1.38 bits per heavy atom. The lowest BCUT2D eigenvalue weighted by Gasteiger charge is -2.16. The highest BCUT2D eigenvalue weighted by atomic mass is 35.7. The number of aryl methyl sites for hydroxylation is 1. The number of hydrogen-bond donors (Lipinski definition) is 1. The first-order chi connectivity index (χ1) is 9.70. The summed E-state index contributed by atoms with van der Waals surface area (Å²) in [6, 6.07) is 2.29. The third-order valence-electron chi connectivity index (χ3n) is 3.21. The van der Waals surface area contributed by atoms with Gasteiger partial charge in [0.25, 0.3) is 15.0 Å². The Morgan fingerprint density at radius 3 is 2.48 bits per heavy atom. The Morgan fingerprint density at radius 2 is 2.00 bits per heavy atom. The van der Waals surface area contributed by atoms with Crippen molar-refractivity contribution in [1.82, 2.24) is 5.32 Å². The van der Waals surface area contributed by atoms with Gasteiger partial charge in [-0.2, -0.15) is 0 Å². The SMILES string of the molecule is CCCC(CC)NC(=O)c1cc(C)c(F)c(S(=O)(=O)Cl)c1. The molecule has 0 saturated heterocycles. The Bertz CT molecular complexity index is 631. The fourth-order valence-corrected chi connectivity index (χ4v) is 3.02. The summed E-state index contributed by atoms with van der Waals surface area (Å²) in [7, 11) is 0.957. The molecule has 1 atom stereocenters. The summed E-state index contributed by atoms with van der Waals surface area (Å²) in [6.07, 6.45) is 2.51. The van der Waals surface area contributed by atoms with Gasteiger partial charge in [0, 0.05) is 22.3 Å². The van der Waals surface area contributed by atoms with Gasteiger partial charge in [0.05, 0.1) is 0 Å². The van der Waals surface area contributed by atoms with E-state index in [-0.39, 0.29) is 17.2 Å². The minimum Gasteiger partial charge on any atom is -0.349 e. The highest BCUT2D eigenvalue weighted by Gasteiger charge is 2.22. The molecule has 7 heteroatoms. The maximum absolute atomic E-state index is 13.8. The molecule has 0 aliphatic rings. The van der Waals surface area contributed by atoms with E-state index in [2.05, 4.69) is 5.32 Å². The molecule has 1 N–H and O–H groups in total. The Kier molecular flexibility index (Phi) is 6.16. The maximum atomic E-state index is 13.8. The lowest BCUT2D eigenvalue weighted by molar-refractivity contribution is 0.0933. The molecule has 4 nitrogen and oxygen atoms in total. The molecule has 1 aromatic carbocycles. The smallest absolute Gasteiger partial charge is 0.264 e. The van der Waals surface area contributed by atoms with Gasteiger partial charge in [0.2, 0.25) is 0 Å². The quantitative estimate of drug-likeness (QED) is 0.811. The van der Waals surface area contributed by atoms with Crippen LogP contribution in [0.2, 0.25) is 0 Å². The molecular weight excluding hydrogens is 317 g/mol. The third kappa shape index (κ3) is 4.68. The molecule has 1 unspecified atom stereocenters. The molecule has 0 aliphatic carbocycles. The largest absolute Gasteiger partial charge is 0.349 e. The molecule has 0 aromatic heterocycles. The van der Waals surface area contributed by atoms with E-state index in [1.807, 2.05) is 13.8 Å². The predicted molar refractivity (Wildman–Crippen MR) is 80.6 cm³/mol. The number of amides is 1. The van der Waals surface area contributed by atoms with Gasteiger partial charge in [0.1, 0.15) is 10.7 Å². The summed E-state index contributed by atoms with van der Waals surface area (Å²) in [6.45, 7) is 5.35. The number of carbonyl (C=O) groups excluding carboxylic acids is 1. The monoisotopic (exact) mass is 335 g/mol. The van der Waals surface area contributed by atoms with E-state index in [1.165, 1.54) is 13.0 Å². The number of nitrogens with one attached hydrogen (secondary N) is 1. The predicted octanol–water partition coefficient (Wildman–Crippen LogP) is 3.37. The van der Waals surface area contributed by atoms with Crippen LogP contribution in [0.3, 0.4) is 0 Å². The summed E-state index contributed by atoms with van der Waals surface area (Å²) in [4.78, 5) is 11.5. The summed E-state index contributed by atoms with van der Waals surface area (Å²) in [5.41, 5.74) is 0.146. The zero-order chi connectivity index (χ0) is 16.2. The van der Waals surface area contributed by atoms with Crippen LogP contribution in [0.5, 0.6) is 0 Å². The molecule has 0 heterocycles. The van der Waals surface area contributed by atoms with Gasteiger partial charge in [-0.3, -0.25) is 4.79 Å². The van der Waals surface area contributed by atoms with E-state index in [0.29, 0.717) is 0 Å². The molecule has 0 spiro atoms. The van der Waals surface area contributed by atoms with Gasteiger partial charge >= 0.3 is 0 Å². The Balaban J connectivity index is 3.14. The zero-order valence-electron chi connectivity index (χ0n) is 12.2. The lowest BCUT2D eigenvalue weighted by Crippen LogP contribution is -2.34. The zero-order valence-corrected chi connectivity index (χ0v) is 13.8. The van der Waals surface area contributed by atoms with E-state index in [9.17, 15) is 17.6 Å². The van der Waals surface area contributed by atoms with Crippen LogP contribution in [0, 0.1) is 12.7 Å². The topological polar surface area (TPSA) is 63.2 Å². The molecule has 21 heavy (non-hydrogen) atoms. The highest BCUT2D eigenvalue weighted by Crippen LogP contribution is 2.23. The second-order valence-electron chi connectivity index (χ2n) is 4.91. The first-order valence-electron chi connectivity index (χ1n) is 6.76. The van der Waals surface area contributed by atoms with Crippen molar-refractivity contribution in [3.05, 3.63) is 29.1 Å². The van der Waals surface area contributed by atoms with E-state index in [4.69, 9.17) is 10.7 Å². The number of hydrogen-bond acceptors (Lipinski definition) is 3. The van der Waals surface area contributed by atoms with E-state index in [1.54, 1.807) is 0 Å². The van der Waals surface area contributed by atoms with E-state index >= 15 is 0 Å². The molecule has 118 valence electrons. The van der Waals surface area contributed by atoms with Gasteiger partial charge < -0.3 is 5.32 Å². The molecule has 1 rings (SSSR count). The van der Waals surface area contributed by atoms with Crippen molar-refractivity contribution < 1.29 is 17.6 Å². The van der Waals surface area contributed by atoms with Gasteiger partial charge in [-0.25, -0.2) is 12.8 Å². The maximum Gasteiger partial charge on any atom is 0.264 e. The molecule has 0 fully saturated rings. The molecule has 0 radical (unpaired) electrons. The van der Waals surface area contributed by atoms with Crippen molar-refractivity contribution in [2.45, 2.75) is 51.0 Å². The van der Waals surface area contributed by atoms with Crippen molar-refractivity contribution in [3.8, 4) is 0 Å². The van der Waals surface area contributed by atoms with Crippen LogP contribution < -0.4 is 5.32 Å². The third-order valence-corrected chi connectivity index (χ3v) is 4.53. The average molecular weight is 336 g/mol. The first kappa shape index (κ1) is 17.9. The summed E-state index contributed by atoms with van der Waals surface area (Å²) in [5.74, 6) is -1.36. The molecule has 0 bridgehead atoms. The lowest BCUT2D eigenvalue weighted by atomic mass is 10.1. The van der Waals surface area contributed by atoms with Crippen LogP contribution in [0.25, 0.3) is 0 Å². The number of carbonyl (C=O) groups is 1. The number of halogens is 2. The van der Waals surface area contributed by atoms with Crippen molar-refractivity contribution in [3.63, 3.8) is 0 Å². The van der Waals surface area contributed by atoms with Gasteiger partial charge in [-0.1, -0.05) is 20.3 Å². The molecule has 0 aliphatic heterocycles. The van der Waals surface area contributed by atoms with Crippen molar-refractivity contribution in [2.75, 3.05) is 0 Å². The van der Waals surface area contributed by atoms with Crippen LogP contribution in [0.4, 0.5) is 4.39 Å². The summed E-state index contributed by atoms with van der Waals surface area (Å²) >= 11 is 0. The van der Waals surface area contributed by atoms with Gasteiger partial charge in [-0.15, -0.1) is 0 Å². The Labute approximate surface area is 129 Å². The normalized spacial score (nSPS) is 13.0. The van der Waals surface area contributed by atoms with Crippen LogP contribution in [-0.2, 0) is 9.05 Å². The second-order valence-corrected chi connectivity index (χ2v) is 7.44. The van der Waals surface area contributed by atoms with Crippen LogP contribution in [0.15, 0.2) is 17.0 Å². The number of rotatable bonds is 6. The standard InChI is InChI=1S/C14H19ClFNO3S/c1-4-6-11(5-2)17-14(18)10-7-9(3)13(16)12(8-10)21(15,19)20/h7-8,11H,4-6H2,1-3H3,(H,17,18). The van der Waals surface area contributed by atoms with Crippen LogP contribution in [-0.4, -0.2) is 20.4 Å². The van der Waals surface area contributed by atoms with E-state index in [0.717, 1.165) is 25.3 Å². The molecule has 1 aromatic rings. The molecule has 0 saturated carbocycles. The average Bonchev–Trinajstić information content (AvgIpc) is 2.39. The Hall–Kier alpha value is -1.14. The van der Waals surface area contributed by atoms with Crippen LogP contribution in [0.1, 0.15) is 49.0 Å². The fourth-order valence-electron chi connectivity index (χ4n) is 2.04. The fraction of sp³-hybridized carbons (Fsp3) is 0.500. The van der Waals surface area contributed by atoms with Gasteiger partial charge in [0.15, 0.2) is 0 Å². The molecule has 1 amide bonds. The number of benzene rings is 1. The minimum atomic E-state index is -4.24. The summed E-state index contributed by atoms with van der Waals surface area (Å²) in [5, 5.41) is 2.81. The van der Waals surface area contributed by atoms with Crippen molar-refractivity contribution in [1.29, 1.82) is 0 Å². The minimum absolute atomic E-state index is 0.00363. The summed E-state index contributed by atoms with van der Waals surface area (Å²) < 4.78 is 36.5. The molecular formula is C14H19ClFNO3S. The van der Waals surface area contributed by atoms with Crippen LogP contribution >= 0.6 is 10.7 Å². The second kappa shape index (κ2) is 7.22. The van der Waals surface area contributed by atoms with Gasteiger partial charge in [-0.05, 0) is 37.5 Å². The highest BCUT2D eigenvalue weighted by molar-refractivity contribution is 8.13. The van der Waals surface area contributed by atoms with Crippen molar-refractivity contribution >= 4 is 25.6 Å². The first-order valence-corrected chi connectivity index (χ1v) is 9.07. The van der Waals surface area contributed by atoms with E-state index < -0.39 is 25.7 Å².